The van der Waals surface area contributed by atoms with Crippen molar-refractivity contribution in [3.63, 3.8) is 0 Å². The lowest BCUT2D eigenvalue weighted by atomic mass is 9.53. The van der Waals surface area contributed by atoms with Crippen molar-refractivity contribution in [2.45, 2.75) is 70.5 Å². The fourth-order valence-corrected chi connectivity index (χ4v) is 6.48. The summed E-state index contributed by atoms with van der Waals surface area (Å²) in [6.45, 7) is 4.72. The Hall–Kier alpha value is -2.15. The van der Waals surface area contributed by atoms with Crippen LogP contribution in [0.3, 0.4) is 0 Å². The van der Waals surface area contributed by atoms with E-state index in [1.165, 1.54) is 32.4 Å². The molecule has 0 saturated heterocycles. The zero-order chi connectivity index (χ0) is 22.2. The van der Waals surface area contributed by atoms with Gasteiger partial charge in [-0.1, -0.05) is 13.0 Å². The first kappa shape index (κ1) is 22.1. The third-order valence-electron chi connectivity index (χ3n) is 7.59. The van der Waals surface area contributed by atoms with Crippen LogP contribution >= 0.6 is 0 Å². The Labute approximate surface area is 183 Å². The van der Waals surface area contributed by atoms with E-state index >= 15 is 0 Å². The Morgan fingerprint density at radius 3 is 2.32 bits per heavy atom. The second-order valence-corrected chi connectivity index (χ2v) is 9.85. The number of ether oxygens (including phenoxy) is 1. The highest BCUT2D eigenvalue weighted by Crippen LogP contribution is 2.55. The van der Waals surface area contributed by atoms with Gasteiger partial charge >= 0.3 is 6.03 Å². The molecule has 7 heteroatoms. The lowest BCUT2D eigenvalue weighted by Gasteiger charge is -2.56. The van der Waals surface area contributed by atoms with E-state index in [2.05, 4.69) is 10.6 Å². The Balaban J connectivity index is 1.33. The van der Waals surface area contributed by atoms with Crippen LogP contribution in [-0.2, 0) is 11.3 Å². The first-order chi connectivity index (χ1) is 14.8. The minimum Gasteiger partial charge on any atom is -0.494 e. The van der Waals surface area contributed by atoms with Gasteiger partial charge in [-0.2, -0.15) is 0 Å². The molecule has 0 spiro atoms. The van der Waals surface area contributed by atoms with Gasteiger partial charge in [-0.15, -0.1) is 0 Å². The van der Waals surface area contributed by atoms with Gasteiger partial charge < -0.3 is 10.1 Å². The van der Waals surface area contributed by atoms with E-state index in [0.29, 0.717) is 13.1 Å². The van der Waals surface area contributed by atoms with Crippen LogP contribution in [0.2, 0.25) is 0 Å². The number of nitrogens with one attached hydrogen (secondary N) is 2. The number of amides is 3. The molecule has 4 bridgehead atoms. The number of nitrogens with zero attached hydrogens (tertiary/aromatic N) is 1. The van der Waals surface area contributed by atoms with Gasteiger partial charge in [-0.05, 0) is 87.4 Å². The van der Waals surface area contributed by atoms with Crippen molar-refractivity contribution < 1.29 is 18.7 Å². The van der Waals surface area contributed by atoms with Crippen LogP contribution in [0.1, 0.15) is 57.9 Å². The zero-order valence-electron chi connectivity index (χ0n) is 18.7. The Kier molecular flexibility index (Phi) is 6.24. The van der Waals surface area contributed by atoms with E-state index in [-0.39, 0.29) is 23.2 Å². The first-order valence-corrected chi connectivity index (χ1v) is 11.5. The number of hydrogen-bond acceptors (Lipinski definition) is 4. The number of carbonyl (C=O) groups is 2. The summed E-state index contributed by atoms with van der Waals surface area (Å²) in [4.78, 5) is 27.4. The minimum absolute atomic E-state index is 0.132. The van der Waals surface area contributed by atoms with Crippen LogP contribution in [0.15, 0.2) is 18.2 Å². The number of benzene rings is 1. The molecule has 170 valence electrons. The van der Waals surface area contributed by atoms with E-state index in [9.17, 15) is 14.0 Å². The number of hydrogen-bond donors (Lipinski definition) is 2. The molecule has 0 aromatic heterocycles. The molecular weight excluding hydrogens is 397 g/mol. The second-order valence-electron chi connectivity index (χ2n) is 9.85. The van der Waals surface area contributed by atoms with Gasteiger partial charge in [-0.3, -0.25) is 15.0 Å². The van der Waals surface area contributed by atoms with Gasteiger partial charge in [0.25, 0.3) is 0 Å². The van der Waals surface area contributed by atoms with Crippen LogP contribution < -0.4 is 15.4 Å². The minimum atomic E-state index is -0.516. The molecule has 0 aliphatic heterocycles. The van der Waals surface area contributed by atoms with Crippen molar-refractivity contribution in [3.05, 3.63) is 29.6 Å². The maximum Gasteiger partial charge on any atom is 0.321 e. The topological polar surface area (TPSA) is 70.7 Å². The number of halogens is 1. The Morgan fingerprint density at radius 1 is 1.19 bits per heavy atom. The SMILES string of the molecule is CCN(Cc1ccc(OC)c(F)c1)[C@@H](C)C(=O)NC(=O)NC12CC3CC(CC(C3)C1)C2. The highest BCUT2D eigenvalue weighted by molar-refractivity contribution is 5.97. The van der Waals surface area contributed by atoms with E-state index in [4.69, 9.17) is 4.74 Å². The summed E-state index contributed by atoms with van der Waals surface area (Å²) in [6.07, 6.45) is 7.03. The molecule has 2 N–H and O–H groups in total. The molecule has 4 saturated carbocycles. The largest absolute Gasteiger partial charge is 0.494 e. The highest BCUT2D eigenvalue weighted by atomic mass is 19.1. The van der Waals surface area contributed by atoms with Crippen LogP contribution in [0.4, 0.5) is 9.18 Å². The lowest BCUT2D eigenvalue weighted by Crippen LogP contribution is -2.62. The molecule has 5 rings (SSSR count). The van der Waals surface area contributed by atoms with E-state index in [1.807, 2.05) is 11.8 Å². The number of urea groups is 1. The highest BCUT2D eigenvalue weighted by Gasteiger charge is 2.51. The summed E-state index contributed by atoms with van der Waals surface area (Å²) in [5.41, 5.74) is 0.616. The van der Waals surface area contributed by atoms with E-state index < -0.39 is 11.9 Å². The summed E-state index contributed by atoms with van der Waals surface area (Å²) in [6, 6.07) is 3.89. The predicted molar refractivity (Wildman–Crippen MR) is 116 cm³/mol. The van der Waals surface area contributed by atoms with Crippen LogP contribution in [-0.4, -0.2) is 42.1 Å². The summed E-state index contributed by atoms with van der Waals surface area (Å²) >= 11 is 0. The van der Waals surface area contributed by atoms with Crippen molar-refractivity contribution in [1.29, 1.82) is 0 Å². The normalized spacial score (nSPS) is 29.6. The molecule has 6 nitrogen and oxygen atoms in total. The Morgan fingerprint density at radius 2 is 1.81 bits per heavy atom. The third-order valence-corrected chi connectivity index (χ3v) is 7.59. The Bertz CT molecular complexity index is 808. The number of imide groups is 1. The zero-order valence-corrected chi connectivity index (χ0v) is 18.7. The number of methoxy groups -OCH3 is 1. The second kappa shape index (κ2) is 8.77. The van der Waals surface area contributed by atoms with Crippen molar-refractivity contribution >= 4 is 11.9 Å². The smallest absolute Gasteiger partial charge is 0.321 e. The van der Waals surface area contributed by atoms with Gasteiger partial charge in [0.1, 0.15) is 0 Å². The molecule has 0 unspecified atom stereocenters. The molecule has 4 aliphatic rings. The monoisotopic (exact) mass is 431 g/mol. The van der Waals surface area contributed by atoms with Crippen molar-refractivity contribution in [2.75, 3.05) is 13.7 Å². The molecule has 0 heterocycles. The van der Waals surface area contributed by atoms with Crippen molar-refractivity contribution in [2.24, 2.45) is 17.8 Å². The van der Waals surface area contributed by atoms with Gasteiger partial charge in [0.05, 0.1) is 13.2 Å². The van der Waals surface area contributed by atoms with Crippen LogP contribution in [0.5, 0.6) is 5.75 Å². The maximum atomic E-state index is 14.0. The first-order valence-electron chi connectivity index (χ1n) is 11.5. The van der Waals surface area contributed by atoms with Crippen LogP contribution in [0.25, 0.3) is 0 Å². The lowest BCUT2D eigenvalue weighted by molar-refractivity contribution is -0.125. The fourth-order valence-electron chi connectivity index (χ4n) is 6.48. The van der Waals surface area contributed by atoms with Gasteiger partial charge in [0.2, 0.25) is 5.91 Å². The molecule has 4 fully saturated rings. The number of rotatable bonds is 7. The quantitative estimate of drug-likeness (QED) is 0.688. The predicted octanol–water partition coefficient (Wildman–Crippen LogP) is 3.84. The average Bonchev–Trinajstić information content (AvgIpc) is 2.70. The van der Waals surface area contributed by atoms with Gasteiger partial charge in [0, 0.05) is 12.1 Å². The van der Waals surface area contributed by atoms with E-state index in [0.717, 1.165) is 42.6 Å². The summed E-state index contributed by atoms with van der Waals surface area (Å²) in [7, 11) is 1.43. The van der Waals surface area contributed by atoms with E-state index in [1.54, 1.807) is 19.1 Å². The van der Waals surface area contributed by atoms with Crippen molar-refractivity contribution in [3.8, 4) is 5.75 Å². The molecule has 4 aliphatic carbocycles. The van der Waals surface area contributed by atoms with Gasteiger partial charge in [-0.25, -0.2) is 9.18 Å². The molecule has 0 radical (unpaired) electrons. The summed E-state index contributed by atoms with van der Waals surface area (Å²) in [5, 5.41) is 5.74. The average molecular weight is 432 g/mol. The molecule has 3 amide bonds. The van der Waals surface area contributed by atoms with Crippen molar-refractivity contribution in [1.82, 2.24) is 15.5 Å². The molecule has 1 aromatic carbocycles. The standard InChI is InChI=1S/C24H34FN3O3/c1-4-28(14-16-5-6-21(31-3)20(25)10-16)15(2)22(29)26-23(30)27-24-11-17-7-18(12-24)9-19(8-17)13-24/h5-6,10,15,17-19H,4,7-9,11-14H2,1-3H3,(H2,26,27,29,30)/t15-,17?,18?,19?,24?/m0/s1. The van der Waals surface area contributed by atoms with Crippen LogP contribution in [0, 0.1) is 23.6 Å². The number of carbonyl (C=O) groups excluding carboxylic acids is 2. The molecular formula is C24H34FN3O3. The summed E-state index contributed by atoms with van der Waals surface area (Å²) in [5.74, 6) is 1.60. The molecule has 1 aromatic rings. The number of likely N-dealkylation sites (N-methyl/N-ethyl adjacent to an activating group) is 1. The third kappa shape index (κ3) is 4.71. The molecule has 1 atom stereocenters. The van der Waals surface area contributed by atoms with Gasteiger partial charge in [0.15, 0.2) is 11.6 Å². The molecule has 31 heavy (non-hydrogen) atoms. The maximum absolute atomic E-state index is 14.0. The summed E-state index contributed by atoms with van der Waals surface area (Å²) < 4.78 is 19.0. The fraction of sp³-hybridized carbons (Fsp3) is 0.667.